The van der Waals surface area contributed by atoms with Crippen LogP contribution in [0.25, 0.3) is 0 Å². The van der Waals surface area contributed by atoms with Crippen molar-refractivity contribution in [3.8, 4) is 0 Å². The Balaban J connectivity index is 1.96. The summed E-state index contributed by atoms with van der Waals surface area (Å²) in [6.07, 6.45) is 0. The summed E-state index contributed by atoms with van der Waals surface area (Å²) < 4.78 is 29.0. The molecular formula is C15H12Cl2O4S. The highest BCUT2D eigenvalue weighted by molar-refractivity contribution is 7.91. The van der Waals surface area contributed by atoms with Crippen LogP contribution in [-0.2, 0) is 14.6 Å². The average Bonchev–Trinajstić information content (AvgIpc) is 2.50. The molecule has 0 saturated carbocycles. The van der Waals surface area contributed by atoms with Gasteiger partial charge in [-0.3, -0.25) is 0 Å². The third kappa shape index (κ3) is 4.22. The number of ether oxygens (including phenoxy) is 1. The second-order valence-electron chi connectivity index (χ2n) is 4.40. The number of rotatable bonds is 5. The molecule has 22 heavy (non-hydrogen) atoms. The summed E-state index contributed by atoms with van der Waals surface area (Å²) in [5.41, 5.74) is 0.214. The molecule has 0 aliphatic carbocycles. The number of sulfone groups is 1. The number of esters is 1. The topological polar surface area (TPSA) is 60.4 Å². The summed E-state index contributed by atoms with van der Waals surface area (Å²) in [6.45, 7) is -0.240. The van der Waals surface area contributed by atoms with Gasteiger partial charge in [0.2, 0.25) is 0 Å². The maximum Gasteiger partial charge on any atom is 0.338 e. The minimum atomic E-state index is -3.48. The number of carbonyl (C=O) groups excluding carboxylic acids is 1. The first kappa shape index (κ1) is 16.8. The highest BCUT2D eigenvalue weighted by atomic mass is 35.5. The molecule has 0 aliphatic heterocycles. The zero-order valence-electron chi connectivity index (χ0n) is 11.3. The van der Waals surface area contributed by atoms with Crippen LogP contribution in [0.1, 0.15) is 10.4 Å². The summed E-state index contributed by atoms with van der Waals surface area (Å²) in [7, 11) is -3.48. The van der Waals surface area contributed by atoms with Gasteiger partial charge >= 0.3 is 5.97 Å². The molecule has 0 fully saturated rings. The summed E-state index contributed by atoms with van der Waals surface area (Å²) in [5.74, 6) is -0.939. The van der Waals surface area contributed by atoms with Gasteiger partial charge in [0.1, 0.15) is 6.61 Å². The second-order valence-corrected chi connectivity index (χ2v) is 7.32. The Morgan fingerprint density at radius 2 is 1.68 bits per heavy atom. The molecule has 0 heterocycles. The summed E-state index contributed by atoms with van der Waals surface area (Å²) >= 11 is 11.6. The Morgan fingerprint density at radius 3 is 2.32 bits per heavy atom. The van der Waals surface area contributed by atoms with Crippen molar-refractivity contribution in [2.75, 3.05) is 12.4 Å². The molecule has 0 aliphatic rings. The molecule has 0 bridgehead atoms. The van der Waals surface area contributed by atoms with E-state index in [1.807, 2.05) is 0 Å². The Kier molecular flexibility index (Phi) is 5.45. The Labute approximate surface area is 138 Å². The zero-order valence-corrected chi connectivity index (χ0v) is 13.7. The van der Waals surface area contributed by atoms with E-state index in [-0.39, 0.29) is 27.8 Å². The Morgan fingerprint density at radius 1 is 1.00 bits per heavy atom. The van der Waals surface area contributed by atoms with Crippen LogP contribution in [0.3, 0.4) is 0 Å². The van der Waals surface area contributed by atoms with Crippen molar-refractivity contribution in [1.82, 2.24) is 0 Å². The standard InChI is InChI=1S/C15H12Cl2O4S/c16-13-7-6-11(10-14(13)17)15(18)21-8-9-22(19,20)12-4-2-1-3-5-12/h1-7,10H,8-9H2. The smallest absolute Gasteiger partial charge is 0.338 e. The predicted octanol–water partition coefficient (Wildman–Crippen LogP) is 3.62. The van der Waals surface area contributed by atoms with Crippen molar-refractivity contribution in [1.29, 1.82) is 0 Å². The van der Waals surface area contributed by atoms with Crippen LogP contribution in [0.15, 0.2) is 53.4 Å². The number of hydrogen-bond donors (Lipinski definition) is 0. The van der Waals surface area contributed by atoms with E-state index in [0.29, 0.717) is 5.02 Å². The minimum Gasteiger partial charge on any atom is -0.461 e. The quantitative estimate of drug-likeness (QED) is 0.765. The van der Waals surface area contributed by atoms with Crippen molar-refractivity contribution in [3.63, 3.8) is 0 Å². The molecule has 0 saturated heterocycles. The molecule has 0 unspecified atom stereocenters. The molecule has 7 heteroatoms. The second kappa shape index (κ2) is 7.13. The lowest BCUT2D eigenvalue weighted by molar-refractivity contribution is 0.0529. The fourth-order valence-corrected chi connectivity index (χ4v) is 3.10. The van der Waals surface area contributed by atoms with Gasteiger partial charge in [-0.05, 0) is 30.3 Å². The summed E-state index contributed by atoms with van der Waals surface area (Å²) in [5, 5.41) is 0.554. The monoisotopic (exact) mass is 358 g/mol. The fraction of sp³-hybridized carbons (Fsp3) is 0.133. The number of hydrogen-bond acceptors (Lipinski definition) is 4. The van der Waals surface area contributed by atoms with Gasteiger partial charge in [-0.1, -0.05) is 41.4 Å². The first-order chi connectivity index (χ1) is 10.4. The van der Waals surface area contributed by atoms with E-state index in [0.717, 1.165) is 0 Å². The van der Waals surface area contributed by atoms with E-state index in [1.54, 1.807) is 18.2 Å². The van der Waals surface area contributed by atoms with Gasteiger partial charge in [0.05, 0.1) is 26.3 Å². The van der Waals surface area contributed by atoms with Gasteiger partial charge in [0, 0.05) is 0 Å². The van der Waals surface area contributed by atoms with E-state index in [2.05, 4.69) is 0 Å². The van der Waals surface area contributed by atoms with Crippen LogP contribution in [0, 0.1) is 0 Å². The van der Waals surface area contributed by atoms with E-state index < -0.39 is 15.8 Å². The highest BCUT2D eigenvalue weighted by Crippen LogP contribution is 2.23. The van der Waals surface area contributed by atoms with Gasteiger partial charge in [-0.15, -0.1) is 0 Å². The first-order valence-electron chi connectivity index (χ1n) is 6.30. The molecule has 2 rings (SSSR count). The SMILES string of the molecule is O=C(OCCS(=O)(=O)c1ccccc1)c1ccc(Cl)c(Cl)c1. The zero-order chi connectivity index (χ0) is 16.2. The maximum absolute atomic E-state index is 12.0. The van der Waals surface area contributed by atoms with Gasteiger partial charge in [-0.2, -0.15) is 0 Å². The van der Waals surface area contributed by atoms with Crippen molar-refractivity contribution in [2.24, 2.45) is 0 Å². The maximum atomic E-state index is 12.0. The largest absolute Gasteiger partial charge is 0.461 e. The van der Waals surface area contributed by atoms with Crippen LogP contribution < -0.4 is 0 Å². The third-order valence-electron chi connectivity index (χ3n) is 2.84. The van der Waals surface area contributed by atoms with Crippen LogP contribution >= 0.6 is 23.2 Å². The molecule has 2 aromatic carbocycles. The first-order valence-corrected chi connectivity index (χ1v) is 8.71. The van der Waals surface area contributed by atoms with Crippen LogP contribution in [0.4, 0.5) is 0 Å². The molecule has 116 valence electrons. The van der Waals surface area contributed by atoms with Crippen LogP contribution in [0.5, 0.6) is 0 Å². The lowest BCUT2D eigenvalue weighted by Gasteiger charge is -2.07. The van der Waals surface area contributed by atoms with Crippen molar-refractivity contribution in [2.45, 2.75) is 4.90 Å². The van der Waals surface area contributed by atoms with Crippen molar-refractivity contribution >= 4 is 39.0 Å². The van der Waals surface area contributed by atoms with Gasteiger partial charge in [0.25, 0.3) is 0 Å². The molecule has 0 aromatic heterocycles. The van der Waals surface area contributed by atoms with E-state index in [1.165, 1.54) is 30.3 Å². The van der Waals surface area contributed by atoms with E-state index in [4.69, 9.17) is 27.9 Å². The van der Waals surface area contributed by atoms with E-state index in [9.17, 15) is 13.2 Å². The molecule has 0 radical (unpaired) electrons. The molecule has 2 aromatic rings. The van der Waals surface area contributed by atoms with Crippen molar-refractivity contribution < 1.29 is 17.9 Å². The molecule has 0 spiro atoms. The van der Waals surface area contributed by atoms with E-state index >= 15 is 0 Å². The van der Waals surface area contributed by atoms with Gasteiger partial charge in [0.15, 0.2) is 9.84 Å². The van der Waals surface area contributed by atoms with Gasteiger partial charge in [-0.25, -0.2) is 13.2 Å². The van der Waals surface area contributed by atoms with Crippen molar-refractivity contribution in [3.05, 3.63) is 64.1 Å². The fourth-order valence-electron chi connectivity index (χ4n) is 1.70. The summed E-state index contributed by atoms with van der Waals surface area (Å²) in [6, 6.07) is 12.3. The molecule has 0 N–H and O–H groups in total. The molecule has 4 nitrogen and oxygen atoms in total. The Bertz CT molecular complexity index is 773. The predicted molar refractivity (Wildman–Crippen MR) is 85.2 cm³/mol. The minimum absolute atomic E-state index is 0.195. The third-order valence-corrected chi connectivity index (χ3v) is 5.28. The van der Waals surface area contributed by atoms with Gasteiger partial charge < -0.3 is 4.74 Å². The lowest BCUT2D eigenvalue weighted by Crippen LogP contribution is -2.15. The number of halogens is 2. The van der Waals surface area contributed by atoms with Crippen LogP contribution in [0.2, 0.25) is 10.0 Å². The average molecular weight is 359 g/mol. The normalized spacial score (nSPS) is 11.2. The Hall–Kier alpha value is -1.56. The summed E-state index contributed by atoms with van der Waals surface area (Å²) in [4.78, 5) is 12.0. The lowest BCUT2D eigenvalue weighted by atomic mass is 10.2. The number of carbonyl (C=O) groups is 1. The molecule has 0 atom stereocenters. The number of benzene rings is 2. The highest BCUT2D eigenvalue weighted by Gasteiger charge is 2.16. The molecular weight excluding hydrogens is 347 g/mol. The van der Waals surface area contributed by atoms with Crippen LogP contribution in [-0.4, -0.2) is 26.7 Å². The molecule has 0 amide bonds.